The summed E-state index contributed by atoms with van der Waals surface area (Å²) in [5.41, 5.74) is 2.04. The summed E-state index contributed by atoms with van der Waals surface area (Å²) in [4.78, 5) is 0. The molecule has 0 spiro atoms. The molecule has 2 heteroatoms. The molecule has 0 heterocycles. The zero-order valence-electron chi connectivity index (χ0n) is 6.05. The van der Waals surface area contributed by atoms with Crippen LogP contribution in [0.25, 0.3) is 0 Å². The van der Waals surface area contributed by atoms with Crippen LogP contribution in [0.3, 0.4) is 0 Å². The molecule has 1 aliphatic rings. The molecule has 1 N–H and O–H groups in total. The van der Waals surface area contributed by atoms with E-state index in [1.54, 1.807) is 6.07 Å². The predicted octanol–water partition coefficient (Wildman–Crippen LogP) is 1.29. The fourth-order valence-corrected chi connectivity index (χ4v) is 1.56. The van der Waals surface area contributed by atoms with Crippen LogP contribution in [0.15, 0.2) is 18.2 Å². The van der Waals surface area contributed by atoms with Crippen molar-refractivity contribution >= 4 is 0 Å². The van der Waals surface area contributed by atoms with Gasteiger partial charge in [-0.1, -0.05) is 6.07 Å². The van der Waals surface area contributed by atoms with Gasteiger partial charge in [0.2, 0.25) is 0 Å². The highest BCUT2D eigenvalue weighted by atomic mass is 19.1. The highest BCUT2D eigenvalue weighted by Crippen LogP contribution is 2.22. The zero-order valence-corrected chi connectivity index (χ0v) is 6.05. The number of hydrogen-bond acceptors (Lipinski definition) is 1. The summed E-state index contributed by atoms with van der Waals surface area (Å²) in [6, 6.07) is 4.70. The third kappa shape index (κ3) is 1.14. The molecule has 1 nitrogen and oxygen atoms in total. The molecule has 0 saturated heterocycles. The predicted molar refractivity (Wildman–Crippen MR) is 39.8 cm³/mol. The minimum absolute atomic E-state index is 0.210. The third-order valence-electron chi connectivity index (χ3n) is 2.08. The maximum atomic E-state index is 12.6. The van der Waals surface area contributed by atoms with E-state index in [0.717, 1.165) is 11.1 Å². The number of aliphatic hydroxyl groups excluding tert-OH is 1. The average Bonchev–Trinajstić information content (AvgIpc) is 2.27. The van der Waals surface area contributed by atoms with Gasteiger partial charge >= 0.3 is 0 Å². The summed E-state index contributed by atoms with van der Waals surface area (Å²) in [6.07, 6.45) is 0.981. The Bertz CT molecular complexity index is 283. The molecule has 1 aliphatic carbocycles. The van der Waals surface area contributed by atoms with Gasteiger partial charge in [0.15, 0.2) is 0 Å². The van der Waals surface area contributed by atoms with E-state index in [1.807, 2.05) is 0 Å². The van der Waals surface area contributed by atoms with Crippen molar-refractivity contribution in [1.82, 2.24) is 0 Å². The number of rotatable bonds is 0. The van der Waals surface area contributed by atoms with E-state index in [0.29, 0.717) is 12.8 Å². The molecule has 1 aromatic carbocycles. The molecule has 1 atom stereocenters. The molecule has 11 heavy (non-hydrogen) atoms. The zero-order chi connectivity index (χ0) is 7.84. The quantitative estimate of drug-likeness (QED) is 0.593. The van der Waals surface area contributed by atoms with Gasteiger partial charge in [-0.25, -0.2) is 4.39 Å². The molecule has 0 saturated carbocycles. The van der Waals surface area contributed by atoms with Gasteiger partial charge in [-0.3, -0.25) is 0 Å². The highest BCUT2D eigenvalue weighted by Gasteiger charge is 2.18. The number of hydrogen-bond donors (Lipinski definition) is 1. The van der Waals surface area contributed by atoms with Crippen molar-refractivity contribution in [3.05, 3.63) is 35.1 Å². The molecule has 0 fully saturated rings. The fourth-order valence-electron chi connectivity index (χ4n) is 1.56. The van der Waals surface area contributed by atoms with Gasteiger partial charge in [0.1, 0.15) is 5.82 Å². The van der Waals surface area contributed by atoms with Crippen LogP contribution in [-0.4, -0.2) is 11.2 Å². The van der Waals surface area contributed by atoms with E-state index in [4.69, 9.17) is 0 Å². The largest absolute Gasteiger partial charge is 0.392 e. The summed E-state index contributed by atoms with van der Waals surface area (Å²) < 4.78 is 12.6. The number of halogens is 1. The van der Waals surface area contributed by atoms with Crippen molar-refractivity contribution in [2.75, 3.05) is 0 Å². The second-order valence-electron chi connectivity index (χ2n) is 2.98. The van der Waals surface area contributed by atoms with Crippen LogP contribution in [0.4, 0.5) is 4.39 Å². The lowest BCUT2D eigenvalue weighted by molar-refractivity contribution is 0.187. The molecule has 1 unspecified atom stereocenters. The summed E-state index contributed by atoms with van der Waals surface area (Å²) in [7, 11) is 0. The Labute approximate surface area is 64.5 Å². The van der Waals surface area contributed by atoms with Crippen LogP contribution in [0.5, 0.6) is 0 Å². The lowest BCUT2D eigenvalue weighted by Gasteiger charge is -1.95. The standard InChI is InChI=1S/C9H9FO/c10-8-2-1-6-4-9(11)5-7(6)3-8/h1-3,9,11H,4-5H2. The van der Waals surface area contributed by atoms with Crippen LogP contribution in [0.2, 0.25) is 0 Å². The number of fused-ring (bicyclic) bond motifs is 1. The first-order chi connectivity index (χ1) is 5.25. The first kappa shape index (κ1) is 6.80. The molecule has 0 bridgehead atoms. The SMILES string of the molecule is OC1Cc2ccc(F)cc2C1. The summed E-state index contributed by atoms with van der Waals surface area (Å²) in [5, 5.41) is 9.22. The lowest BCUT2D eigenvalue weighted by Crippen LogP contribution is -2.03. The maximum Gasteiger partial charge on any atom is 0.123 e. The molecule has 0 aromatic heterocycles. The Balaban J connectivity index is 2.43. The van der Waals surface area contributed by atoms with Gasteiger partial charge in [0.05, 0.1) is 6.10 Å². The van der Waals surface area contributed by atoms with Crippen molar-refractivity contribution in [1.29, 1.82) is 0 Å². The molecule has 0 aliphatic heterocycles. The molecule has 0 radical (unpaired) electrons. The molecule has 1 aromatic rings. The van der Waals surface area contributed by atoms with Crippen LogP contribution in [0.1, 0.15) is 11.1 Å². The summed E-state index contributed by atoms with van der Waals surface area (Å²) in [5.74, 6) is -0.210. The Hall–Kier alpha value is -0.890. The van der Waals surface area contributed by atoms with Crippen molar-refractivity contribution < 1.29 is 9.50 Å². The highest BCUT2D eigenvalue weighted by molar-refractivity contribution is 5.33. The fraction of sp³-hybridized carbons (Fsp3) is 0.333. The van der Waals surface area contributed by atoms with Crippen LogP contribution in [0, 0.1) is 5.82 Å². The minimum atomic E-state index is -0.299. The van der Waals surface area contributed by atoms with Crippen LogP contribution >= 0.6 is 0 Å². The minimum Gasteiger partial charge on any atom is -0.392 e. The van der Waals surface area contributed by atoms with Crippen LogP contribution in [-0.2, 0) is 12.8 Å². The lowest BCUT2D eigenvalue weighted by atomic mass is 10.1. The van der Waals surface area contributed by atoms with E-state index in [9.17, 15) is 9.50 Å². The van der Waals surface area contributed by atoms with Gasteiger partial charge in [-0.2, -0.15) is 0 Å². The van der Waals surface area contributed by atoms with Gasteiger partial charge in [0, 0.05) is 0 Å². The average molecular weight is 152 g/mol. The van der Waals surface area contributed by atoms with Crippen molar-refractivity contribution in [2.45, 2.75) is 18.9 Å². The molecule has 0 amide bonds. The molecular weight excluding hydrogens is 143 g/mol. The van der Waals surface area contributed by atoms with E-state index >= 15 is 0 Å². The number of aliphatic hydroxyl groups is 1. The molecular formula is C9H9FO. The molecule has 58 valence electrons. The van der Waals surface area contributed by atoms with Gasteiger partial charge in [-0.05, 0) is 36.1 Å². The second kappa shape index (κ2) is 2.31. The van der Waals surface area contributed by atoms with Gasteiger partial charge in [0.25, 0.3) is 0 Å². The Morgan fingerprint density at radius 1 is 1.27 bits per heavy atom. The summed E-state index contributed by atoms with van der Waals surface area (Å²) >= 11 is 0. The Morgan fingerprint density at radius 3 is 2.82 bits per heavy atom. The topological polar surface area (TPSA) is 20.2 Å². The maximum absolute atomic E-state index is 12.6. The second-order valence-corrected chi connectivity index (χ2v) is 2.98. The molecule has 2 rings (SSSR count). The van der Waals surface area contributed by atoms with Crippen LogP contribution < -0.4 is 0 Å². The van der Waals surface area contributed by atoms with Crippen molar-refractivity contribution in [2.24, 2.45) is 0 Å². The van der Waals surface area contributed by atoms with E-state index in [2.05, 4.69) is 0 Å². The Morgan fingerprint density at radius 2 is 2.00 bits per heavy atom. The number of benzene rings is 1. The van der Waals surface area contributed by atoms with Gasteiger partial charge in [-0.15, -0.1) is 0 Å². The smallest absolute Gasteiger partial charge is 0.123 e. The summed E-state index contributed by atoms with van der Waals surface area (Å²) in [6.45, 7) is 0. The normalized spacial score (nSPS) is 21.8. The monoisotopic (exact) mass is 152 g/mol. The van der Waals surface area contributed by atoms with E-state index in [-0.39, 0.29) is 11.9 Å². The van der Waals surface area contributed by atoms with Crippen molar-refractivity contribution in [3.8, 4) is 0 Å². The van der Waals surface area contributed by atoms with Gasteiger partial charge < -0.3 is 5.11 Å². The first-order valence-electron chi connectivity index (χ1n) is 3.71. The van der Waals surface area contributed by atoms with E-state index < -0.39 is 0 Å². The Kier molecular flexibility index (Phi) is 1.43. The van der Waals surface area contributed by atoms with Crippen molar-refractivity contribution in [3.63, 3.8) is 0 Å². The van der Waals surface area contributed by atoms with E-state index in [1.165, 1.54) is 12.1 Å². The first-order valence-corrected chi connectivity index (χ1v) is 3.71. The third-order valence-corrected chi connectivity index (χ3v) is 2.08.